The van der Waals surface area contributed by atoms with Crippen molar-refractivity contribution in [3.05, 3.63) is 40.3 Å². The van der Waals surface area contributed by atoms with E-state index in [0.29, 0.717) is 25.9 Å². The Hall–Kier alpha value is -2.24. The summed E-state index contributed by atoms with van der Waals surface area (Å²) in [4.78, 5) is 14.5. The molecule has 0 radical (unpaired) electrons. The maximum atomic E-state index is 11.8. The maximum Gasteiger partial charge on any atom is 0.237 e. The monoisotopic (exact) mass is 291 g/mol. The van der Waals surface area contributed by atoms with Crippen molar-refractivity contribution in [2.45, 2.75) is 25.3 Å². The number of nitrogens with two attached hydrogens (primary N) is 1. The van der Waals surface area contributed by atoms with Crippen molar-refractivity contribution in [1.29, 1.82) is 0 Å². The first-order chi connectivity index (χ1) is 10.0. The minimum atomic E-state index is -0.884. The fraction of sp³-hybridized carbons (Fsp3) is 0.500. The van der Waals surface area contributed by atoms with Gasteiger partial charge in [0.2, 0.25) is 5.91 Å². The van der Waals surface area contributed by atoms with Crippen molar-refractivity contribution in [3.63, 3.8) is 0 Å². The second-order valence-electron chi connectivity index (χ2n) is 4.92. The van der Waals surface area contributed by atoms with Crippen molar-refractivity contribution in [2.75, 3.05) is 20.2 Å². The van der Waals surface area contributed by atoms with Gasteiger partial charge in [0.15, 0.2) is 0 Å². The van der Waals surface area contributed by atoms with Crippen molar-refractivity contribution < 1.29 is 9.53 Å². The van der Waals surface area contributed by atoms with Crippen LogP contribution in [0.5, 0.6) is 5.75 Å². The molecule has 1 atom stereocenters. The van der Waals surface area contributed by atoms with Gasteiger partial charge in [0, 0.05) is 17.9 Å². The molecular formula is C14H21N5O2. The van der Waals surface area contributed by atoms with E-state index in [-0.39, 0.29) is 0 Å². The predicted octanol–water partition coefficient (Wildman–Crippen LogP) is 1.77. The largest absolute Gasteiger partial charge is 0.496 e. The normalized spacial score (nSPS) is 13.0. The zero-order valence-corrected chi connectivity index (χ0v) is 12.4. The van der Waals surface area contributed by atoms with E-state index in [1.807, 2.05) is 24.3 Å². The zero-order valence-electron chi connectivity index (χ0n) is 12.4. The Bertz CT molecular complexity index is 528. The molecule has 0 aliphatic carbocycles. The van der Waals surface area contributed by atoms with E-state index in [2.05, 4.69) is 15.3 Å². The summed E-state index contributed by atoms with van der Waals surface area (Å²) in [7, 11) is 1.59. The van der Waals surface area contributed by atoms with Crippen LogP contribution in [0.25, 0.3) is 10.4 Å². The highest BCUT2D eigenvalue weighted by Crippen LogP contribution is 2.22. The molecule has 21 heavy (non-hydrogen) atoms. The molecule has 3 N–H and O–H groups in total. The lowest BCUT2D eigenvalue weighted by Gasteiger charge is -2.28. The van der Waals surface area contributed by atoms with Crippen molar-refractivity contribution in [1.82, 2.24) is 5.32 Å². The number of rotatable bonds is 9. The van der Waals surface area contributed by atoms with Gasteiger partial charge in [-0.2, -0.15) is 0 Å². The Kier molecular flexibility index (Phi) is 6.52. The minimum absolute atomic E-state index is 0.382. The van der Waals surface area contributed by atoms with Crippen LogP contribution in [-0.4, -0.2) is 31.6 Å². The number of para-hydroxylation sites is 1. The van der Waals surface area contributed by atoms with Crippen molar-refractivity contribution in [3.8, 4) is 5.75 Å². The van der Waals surface area contributed by atoms with E-state index < -0.39 is 11.4 Å². The molecule has 0 bridgehead atoms. The molecule has 1 aromatic rings. The number of nitrogens with one attached hydrogen (secondary N) is 1. The van der Waals surface area contributed by atoms with Crippen LogP contribution in [0.4, 0.5) is 0 Å². The van der Waals surface area contributed by atoms with Crippen molar-refractivity contribution in [2.24, 2.45) is 10.8 Å². The maximum absolute atomic E-state index is 11.8. The molecule has 0 saturated carbocycles. The minimum Gasteiger partial charge on any atom is -0.496 e. The SMILES string of the molecule is COc1ccccc1CC(C)(NCCCN=[N+]=[N-])C(N)=O. The van der Waals surface area contributed by atoms with Crippen LogP contribution >= 0.6 is 0 Å². The summed E-state index contributed by atoms with van der Waals surface area (Å²) >= 11 is 0. The number of azide groups is 1. The molecule has 7 heteroatoms. The van der Waals surface area contributed by atoms with Crippen LogP contribution in [0.15, 0.2) is 29.4 Å². The van der Waals surface area contributed by atoms with Gasteiger partial charge in [0.25, 0.3) is 0 Å². The van der Waals surface area contributed by atoms with Crippen LogP contribution in [-0.2, 0) is 11.2 Å². The molecule has 1 aromatic carbocycles. The van der Waals surface area contributed by atoms with Crippen LogP contribution in [0.1, 0.15) is 18.9 Å². The summed E-state index contributed by atoms with van der Waals surface area (Å²) in [5.74, 6) is 0.290. The third-order valence-electron chi connectivity index (χ3n) is 3.29. The molecule has 0 aliphatic heterocycles. The molecular weight excluding hydrogens is 270 g/mol. The summed E-state index contributed by atoms with van der Waals surface area (Å²) in [6, 6.07) is 7.51. The number of benzene rings is 1. The number of amides is 1. The smallest absolute Gasteiger partial charge is 0.237 e. The van der Waals surface area contributed by atoms with Crippen LogP contribution in [0.2, 0.25) is 0 Å². The molecule has 1 amide bonds. The van der Waals surface area contributed by atoms with Gasteiger partial charge >= 0.3 is 0 Å². The molecule has 1 rings (SSSR count). The lowest BCUT2D eigenvalue weighted by Crippen LogP contribution is -2.55. The summed E-state index contributed by atoms with van der Waals surface area (Å²) < 4.78 is 5.29. The highest BCUT2D eigenvalue weighted by atomic mass is 16.5. The van der Waals surface area contributed by atoms with Crippen LogP contribution < -0.4 is 15.8 Å². The standard InChI is InChI=1S/C14H21N5O2/c1-14(13(15)20,17-8-5-9-18-19-16)10-11-6-3-4-7-12(11)21-2/h3-4,6-7,17H,5,8-10H2,1-2H3,(H2,15,20). The van der Waals surface area contributed by atoms with Crippen molar-refractivity contribution >= 4 is 5.91 Å². The first kappa shape index (κ1) is 16.8. The Morgan fingerprint density at radius 1 is 1.52 bits per heavy atom. The summed E-state index contributed by atoms with van der Waals surface area (Å²) in [5, 5.41) is 6.59. The second-order valence-corrected chi connectivity index (χ2v) is 4.92. The highest BCUT2D eigenvalue weighted by Gasteiger charge is 2.31. The number of carbonyl (C=O) groups is 1. The molecule has 0 saturated heterocycles. The van der Waals surface area contributed by atoms with E-state index >= 15 is 0 Å². The molecule has 7 nitrogen and oxygen atoms in total. The fourth-order valence-corrected chi connectivity index (χ4v) is 2.03. The molecule has 0 heterocycles. The molecule has 0 spiro atoms. The molecule has 0 fully saturated rings. The lowest BCUT2D eigenvalue weighted by atomic mass is 9.91. The van der Waals surface area contributed by atoms with Crippen LogP contribution in [0.3, 0.4) is 0 Å². The predicted molar refractivity (Wildman–Crippen MR) is 80.9 cm³/mol. The summed E-state index contributed by atoms with van der Waals surface area (Å²) in [5.41, 5.74) is 13.8. The number of hydrogen-bond acceptors (Lipinski definition) is 4. The third-order valence-corrected chi connectivity index (χ3v) is 3.29. The van der Waals surface area contributed by atoms with Gasteiger partial charge in [-0.3, -0.25) is 4.79 Å². The number of ether oxygens (including phenoxy) is 1. The van der Waals surface area contributed by atoms with Gasteiger partial charge < -0.3 is 15.8 Å². The number of methoxy groups -OCH3 is 1. The highest BCUT2D eigenvalue weighted by molar-refractivity contribution is 5.84. The average molecular weight is 291 g/mol. The number of hydrogen-bond donors (Lipinski definition) is 2. The molecule has 1 unspecified atom stereocenters. The van der Waals surface area contributed by atoms with E-state index in [1.165, 1.54) is 0 Å². The first-order valence-corrected chi connectivity index (χ1v) is 6.71. The van der Waals surface area contributed by atoms with E-state index in [4.69, 9.17) is 16.0 Å². The second kappa shape index (κ2) is 8.14. The molecule has 0 aromatic heterocycles. The van der Waals surface area contributed by atoms with Gasteiger partial charge in [0.05, 0.1) is 12.6 Å². The lowest BCUT2D eigenvalue weighted by molar-refractivity contribution is -0.123. The fourth-order valence-electron chi connectivity index (χ4n) is 2.03. The Balaban J connectivity index is 2.75. The van der Waals surface area contributed by atoms with Gasteiger partial charge in [-0.05, 0) is 37.1 Å². The summed E-state index contributed by atoms with van der Waals surface area (Å²) in [6.07, 6.45) is 1.06. The van der Waals surface area contributed by atoms with E-state index in [9.17, 15) is 4.79 Å². The van der Waals surface area contributed by atoms with Gasteiger partial charge in [-0.15, -0.1) is 0 Å². The van der Waals surface area contributed by atoms with Gasteiger partial charge in [-0.1, -0.05) is 23.3 Å². The number of carbonyl (C=O) groups excluding carboxylic acids is 1. The zero-order chi connectivity index (χ0) is 15.7. The van der Waals surface area contributed by atoms with Crippen LogP contribution in [0, 0.1) is 0 Å². The van der Waals surface area contributed by atoms with Gasteiger partial charge in [-0.25, -0.2) is 0 Å². The average Bonchev–Trinajstić information content (AvgIpc) is 2.47. The van der Waals surface area contributed by atoms with Gasteiger partial charge in [0.1, 0.15) is 5.75 Å². The summed E-state index contributed by atoms with van der Waals surface area (Å²) in [6.45, 7) is 2.68. The topological polar surface area (TPSA) is 113 Å². The molecule has 0 aliphatic rings. The Labute approximate surface area is 124 Å². The quantitative estimate of drug-likeness (QED) is 0.313. The number of nitrogens with zero attached hydrogens (tertiary/aromatic N) is 3. The number of primary amides is 1. The van der Waals surface area contributed by atoms with E-state index in [0.717, 1.165) is 11.3 Å². The third kappa shape index (κ3) is 4.98. The first-order valence-electron chi connectivity index (χ1n) is 6.71. The Morgan fingerprint density at radius 3 is 2.86 bits per heavy atom. The Morgan fingerprint density at radius 2 is 2.24 bits per heavy atom. The molecule has 114 valence electrons. The van der Waals surface area contributed by atoms with E-state index in [1.54, 1.807) is 14.0 Å².